The summed E-state index contributed by atoms with van der Waals surface area (Å²) in [6.07, 6.45) is 0. The fourth-order valence-corrected chi connectivity index (χ4v) is 3.36. The molecule has 1 aromatic carbocycles. The third-order valence-electron chi connectivity index (χ3n) is 2.90. The predicted octanol–water partition coefficient (Wildman–Crippen LogP) is 1.59. The fourth-order valence-electron chi connectivity index (χ4n) is 1.81. The van der Waals surface area contributed by atoms with Crippen molar-refractivity contribution in [2.75, 3.05) is 5.75 Å². The van der Waals surface area contributed by atoms with Crippen molar-refractivity contribution >= 4 is 37.6 Å². The Bertz CT molecular complexity index is 640. The summed E-state index contributed by atoms with van der Waals surface area (Å²) < 4.78 is 24.8. The van der Waals surface area contributed by atoms with Crippen molar-refractivity contribution in [1.29, 1.82) is 0 Å². The Hall–Kier alpha value is -1.41. The van der Waals surface area contributed by atoms with E-state index in [0.29, 0.717) is 5.56 Å². The summed E-state index contributed by atoms with van der Waals surface area (Å²) in [5.74, 6) is -3.34. The maximum Gasteiger partial charge on any atom is 0.326 e. The number of aliphatic carboxylic acids is 1. The summed E-state index contributed by atoms with van der Waals surface area (Å²) in [6, 6.07) is 5.62. The van der Waals surface area contributed by atoms with E-state index in [9.17, 15) is 18.0 Å². The van der Waals surface area contributed by atoms with Crippen LogP contribution in [0.3, 0.4) is 0 Å². The van der Waals surface area contributed by atoms with Crippen LogP contribution < -0.4 is 5.32 Å². The molecular weight excluding hydrogens is 374 g/mol. The molecule has 22 heavy (non-hydrogen) atoms. The van der Waals surface area contributed by atoms with E-state index in [4.69, 9.17) is 5.11 Å². The molecule has 8 heteroatoms. The zero-order chi connectivity index (χ0) is 16.9. The van der Waals surface area contributed by atoms with Gasteiger partial charge in [-0.1, -0.05) is 41.9 Å². The number of rotatable bonds is 7. The lowest BCUT2D eigenvalue weighted by Crippen LogP contribution is -2.46. The number of benzene rings is 1. The summed E-state index contributed by atoms with van der Waals surface area (Å²) in [5.41, 5.74) is 0.564. The molecule has 6 nitrogen and oxygen atoms in total. The first-order chi connectivity index (χ1) is 10.1. The lowest BCUT2D eigenvalue weighted by Gasteiger charge is -2.17. The second-order valence-electron chi connectivity index (χ2n) is 5.29. The Labute approximate surface area is 138 Å². The van der Waals surface area contributed by atoms with Gasteiger partial charge < -0.3 is 10.4 Å². The number of halogens is 1. The highest BCUT2D eigenvalue weighted by molar-refractivity contribution is 9.10. The van der Waals surface area contributed by atoms with Crippen molar-refractivity contribution in [2.24, 2.45) is 5.92 Å². The van der Waals surface area contributed by atoms with Gasteiger partial charge in [0.15, 0.2) is 9.84 Å². The first-order valence-electron chi connectivity index (χ1n) is 6.58. The second-order valence-corrected chi connectivity index (χ2v) is 8.27. The summed E-state index contributed by atoms with van der Waals surface area (Å²) >= 11 is 3.25. The lowest BCUT2D eigenvalue weighted by molar-refractivity contribution is -0.142. The van der Waals surface area contributed by atoms with Crippen molar-refractivity contribution < 1.29 is 23.1 Å². The van der Waals surface area contributed by atoms with Crippen LogP contribution in [0.25, 0.3) is 0 Å². The molecule has 1 rings (SSSR count). The molecule has 0 saturated carbocycles. The van der Waals surface area contributed by atoms with Gasteiger partial charge in [0, 0.05) is 4.47 Å². The summed E-state index contributed by atoms with van der Waals surface area (Å²) in [4.78, 5) is 22.8. The van der Waals surface area contributed by atoms with Crippen LogP contribution in [0.2, 0.25) is 0 Å². The lowest BCUT2D eigenvalue weighted by atomic mass is 10.1. The first-order valence-corrected chi connectivity index (χ1v) is 9.19. The Morgan fingerprint density at radius 1 is 1.23 bits per heavy atom. The van der Waals surface area contributed by atoms with Gasteiger partial charge in [-0.3, -0.25) is 4.79 Å². The van der Waals surface area contributed by atoms with Crippen LogP contribution in [-0.4, -0.2) is 37.2 Å². The molecule has 0 aliphatic carbocycles. The molecule has 0 heterocycles. The maximum atomic E-state index is 12.0. The number of hydrogen-bond donors (Lipinski definition) is 2. The number of carboxylic acids is 1. The number of hydrogen-bond acceptors (Lipinski definition) is 4. The van der Waals surface area contributed by atoms with Crippen LogP contribution in [0.4, 0.5) is 0 Å². The van der Waals surface area contributed by atoms with Crippen molar-refractivity contribution in [3.8, 4) is 0 Å². The van der Waals surface area contributed by atoms with Crippen molar-refractivity contribution in [3.63, 3.8) is 0 Å². The van der Waals surface area contributed by atoms with Crippen LogP contribution in [0, 0.1) is 5.92 Å². The zero-order valence-electron chi connectivity index (χ0n) is 12.2. The molecule has 0 fully saturated rings. The monoisotopic (exact) mass is 391 g/mol. The number of sulfone groups is 1. The Morgan fingerprint density at radius 2 is 1.77 bits per heavy atom. The molecule has 0 aliphatic heterocycles. The molecule has 0 radical (unpaired) electrons. The highest BCUT2D eigenvalue weighted by Gasteiger charge is 2.26. The fraction of sp³-hybridized carbons (Fsp3) is 0.429. The quantitative estimate of drug-likeness (QED) is 0.734. The van der Waals surface area contributed by atoms with E-state index in [1.165, 1.54) is 0 Å². The van der Waals surface area contributed by atoms with Gasteiger partial charge in [0.05, 0.1) is 5.75 Å². The average Bonchev–Trinajstić information content (AvgIpc) is 2.37. The molecule has 122 valence electrons. The number of nitrogens with one attached hydrogen (secondary N) is 1. The van der Waals surface area contributed by atoms with Crippen LogP contribution in [0.5, 0.6) is 0 Å². The van der Waals surface area contributed by atoms with Gasteiger partial charge in [-0.25, -0.2) is 13.2 Å². The molecule has 2 N–H and O–H groups in total. The number of amides is 1. The van der Waals surface area contributed by atoms with E-state index in [0.717, 1.165) is 4.47 Å². The van der Waals surface area contributed by atoms with E-state index in [1.54, 1.807) is 38.1 Å². The van der Waals surface area contributed by atoms with Gasteiger partial charge in [0.2, 0.25) is 5.91 Å². The van der Waals surface area contributed by atoms with Crippen molar-refractivity contribution in [2.45, 2.75) is 25.6 Å². The van der Waals surface area contributed by atoms with Crippen LogP contribution in [0.15, 0.2) is 28.7 Å². The number of carbonyl (C=O) groups is 2. The molecule has 1 atom stereocenters. The SMILES string of the molecule is CC(C)[C@H](NC(=O)CS(=O)(=O)Cc1ccc(Br)cc1)C(=O)O. The number of carbonyl (C=O) groups excluding carboxylic acids is 1. The Balaban J connectivity index is 2.69. The Kier molecular flexibility index (Phi) is 6.55. The highest BCUT2D eigenvalue weighted by atomic mass is 79.9. The third kappa shape index (κ3) is 6.15. The third-order valence-corrected chi connectivity index (χ3v) is 4.90. The maximum absolute atomic E-state index is 12.0. The average molecular weight is 392 g/mol. The summed E-state index contributed by atoms with van der Waals surface area (Å²) in [7, 11) is -3.66. The van der Waals surface area contributed by atoms with E-state index in [2.05, 4.69) is 21.2 Å². The first kappa shape index (κ1) is 18.6. The zero-order valence-corrected chi connectivity index (χ0v) is 14.6. The van der Waals surface area contributed by atoms with Gasteiger partial charge in [-0.15, -0.1) is 0 Å². The van der Waals surface area contributed by atoms with Crippen molar-refractivity contribution in [3.05, 3.63) is 34.3 Å². The van der Waals surface area contributed by atoms with Gasteiger partial charge in [-0.05, 0) is 23.6 Å². The molecule has 0 bridgehead atoms. The molecule has 0 aliphatic rings. The number of carboxylic acid groups (broad SMARTS) is 1. The Morgan fingerprint density at radius 3 is 2.23 bits per heavy atom. The van der Waals surface area contributed by atoms with E-state index in [-0.39, 0.29) is 11.7 Å². The van der Waals surface area contributed by atoms with Crippen LogP contribution >= 0.6 is 15.9 Å². The molecule has 1 aromatic rings. The van der Waals surface area contributed by atoms with Gasteiger partial charge in [-0.2, -0.15) is 0 Å². The van der Waals surface area contributed by atoms with Crippen molar-refractivity contribution in [1.82, 2.24) is 5.32 Å². The molecule has 0 aromatic heterocycles. The van der Waals surface area contributed by atoms with E-state index < -0.39 is 33.5 Å². The van der Waals surface area contributed by atoms with Gasteiger partial charge in [0.25, 0.3) is 0 Å². The van der Waals surface area contributed by atoms with Gasteiger partial charge in [0.1, 0.15) is 11.8 Å². The minimum Gasteiger partial charge on any atom is -0.480 e. The standard InChI is InChI=1S/C14H18BrNO5S/c1-9(2)13(14(18)19)16-12(17)8-22(20,21)7-10-3-5-11(15)6-4-10/h3-6,9,13H,7-8H2,1-2H3,(H,16,17)(H,18,19)/t13-/m0/s1. The molecular formula is C14H18BrNO5S. The smallest absolute Gasteiger partial charge is 0.326 e. The minimum atomic E-state index is -3.66. The van der Waals surface area contributed by atoms with E-state index >= 15 is 0 Å². The molecule has 0 saturated heterocycles. The predicted molar refractivity (Wildman–Crippen MR) is 86.0 cm³/mol. The molecule has 0 spiro atoms. The topological polar surface area (TPSA) is 101 Å². The summed E-state index contributed by atoms with van der Waals surface area (Å²) in [5, 5.41) is 11.2. The van der Waals surface area contributed by atoms with Gasteiger partial charge >= 0.3 is 5.97 Å². The normalized spacial score (nSPS) is 12.9. The summed E-state index contributed by atoms with van der Waals surface area (Å²) in [6.45, 7) is 3.27. The molecule has 1 amide bonds. The molecule has 0 unspecified atom stereocenters. The largest absolute Gasteiger partial charge is 0.480 e. The van der Waals surface area contributed by atoms with Crippen LogP contribution in [0.1, 0.15) is 19.4 Å². The second kappa shape index (κ2) is 7.73. The van der Waals surface area contributed by atoms with Crippen LogP contribution in [-0.2, 0) is 25.2 Å². The minimum absolute atomic E-state index is 0.271. The van der Waals surface area contributed by atoms with E-state index in [1.807, 2.05) is 0 Å². The highest BCUT2D eigenvalue weighted by Crippen LogP contribution is 2.13.